The summed E-state index contributed by atoms with van der Waals surface area (Å²) < 4.78 is 5.07. The number of carbonyl (C=O) groups excluding carboxylic acids is 2. The maximum Gasteiger partial charge on any atom is 0.256 e. The van der Waals surface area contributed by atoms with Gasteiger partial charge in [0.15, 0.2) is 0 Å². The molecule has 2 aliphatic heterocycles. The fourth-order valence-electron chi connectivity index (χ4n) is 4.52. The summed E-state index contributed by atoms with van der Waals surface area (Å²) in [4.78, 5) is 30.3. The zero-order valence-corrected chi connectivity index (χ0v) is 16.9. The molecule has 5 rings (SSSR count). The second kappa shape index (κ2) is 7.18. The number of hydrogen-bond acceptors (Lipinski definition) is 3. The van der Waals surface area contributed by atoms with Crippen molar-refractivity contribution in [2.45, 2.75) is 12.1 Å². The molecule has 0 aliphatic carbocycles. The van der Waals surface area contributed by atoms with E-state index < -0.39 is 5.66 Å². The summed E-state index contributed by atoms with van der Waals surface area (Å²) in [6.45, 7) is 0.929. The van der Waals surface area contributed by atoms with Gasteiger partial charge in [0.1, 0.15) is 5.66 Å². The molecule has 0 saturated carbocycles. The highest BCUT2D eigenvalue weighted by Gasteiger charge is 2.55. The number of rotatable bonds is 3. The lowest BCUT2D eigenvalue weighted by Gasteiger charge is -2.47. The summed E-state index contributed by atoms with van der Waals surface area (Å²) in [7, 11) is 0. The van der Waals surface area contributed by atoms with E-state index in [1.165, 1.54) is 6.08 Å². The molecule has 1 aromatic heterocycles. The van der Waals surface area contributed by atoms with Gasteiger partial charge in [-0.15, -0.1) is 0 Å². The molecule has 1 fully saturated rings. The quantitative estimate of drug-likeness (QED) is 0.594. The molecule has 2 aromatic carbocycles. The molecule has 1 saturated heterocycles. The van der Waals surface area contributed by atoms with Crippen molar-refractivity contribution in [1.29, 1.82) is 0 Å². The van der Waals surface area contributed by atoms with Crippen LogP contribution in [-0.4, -0.2) is 34.7 Å². The van der Waals surface area contributed by atoms with Gasteiger partial charge in [-0.2, -0.15) is 0 Å². The molecular formula is C24H19ClN2O3. The Morgan fingerprint density at radius 3 is 2.63 bits per heavy atom. The van der Waals surface area contributed by atoms with Gasteiger partial charge in [-0.3, -0.25) is 9.59 Å². The van der Waals surface area contributed by atoms with E-state index in [1.54, 1.807) is 41.7 Å². The molecule has 0 N–H and O–H groups in total. The number of furan rings is 1. The number of amides is 2. The highest BCUT2D eigenvalue weighted by Crippen LogP contribution is 2.45. The van der Waals surface area contributed by atoms with Crippen LogP contribution in [0.1, 0.15) is 27.0 Å². The highest BCUT2D eigenvalue weighted by molar-refractivity contribution is 6.30. The molecule has 30 heavy (non-hydrogen) atoms. The van der Waals surface area contributed by atoms with Crippen LogP contribution in [0.2, 0.25) is 5.02 Å². The molecule has 1 unspecified atom stereocenters. The molecule has 5 nitrogen and oxygen atoms in total. The van der Waals surface area contributed by atoms with Crippen LogP contribution in [0.3, 0.4) is 0 Å². The number of halogens is 1. The Labute approximate surface area is 179 Å². The fourth-order valence-corrected chi connectivity index (χ4v) is 4.65. The molecule has 6 heteroatoms. The molecule has 1 atom stereocenters. The van der Waals surface area contributed by atoms with Crippen LogP contribution in [-0.2, 0) is 16.9 Å². The molecule has 0 radical (unpaired) electrons. The first kappa shape index (κ1) is 18.7. The minimum absolute atomic E-state index is 0.0547. The third-order valence-electron chi connectivity index (χ3n) is 5.90. The predicted molar refractivity (Wildman–Crippen MR) is 114 cm³/mol. The monoisotopic (exact) mass is 418 g/mol. The Bertz CT molecular complexity index is 1140. The van der Waals surface area contributed by atoms with Crippen LogP contribution in [0.15, 0.2) is 77.6 Å². The Kier molecular flexibility index (Phi) is 4.48. The van der Waals surface area contributed by atoms with Crippen LogP contribution in [0.5, 0.6) is 0 Å². The number of carbonyl (C=O) groups is 2. The Morgan fingerprint density at radius 1 is 1.07 bits per heavy atom. The smallest absolute Gasteiger partial charge is 0.256 e. The summed E-state index contributed by atoms with van der Waals surface area (Å²) >= 11 is 6.13. The summed E-state index contributed by atoms with van der Waals surface area (Å²) in [5, 5.41) is 0.611. The zero-order chi connectivity index (χ0) is 20.7. The van der Waals surface area contributed by atoms with Crippen molar-refractivity contribution in [3.05, 3.63) is 100 Å². The zero-order valence-electron chi connectivity index (χ0n) is 16.1. The first-order chi connectivity index (χ1) is 14.6. The van der Waals surface area contributed by atoms with Crippen molar-refractivity contribution in [2.75, 3.05) is 13.1 Å². The molecular weight excluding hydrogens is 400 g/mol. The molecule has 0 spiro atoms. The van der Waals surface area contributed by atoms with Crippen molar-refractivity contribution < 1.29 is 14.0 Å². The summed E-state index contributed by atoms with van der Waals surface area (Å²) in [6, 6.07) is 16.8. The molecule has 0 bridgehead atoms. The largest absolute Gasteiger partial charge is 0.472 e. The molecule has 3 aromatic rings. The Balaban J connectivity index is 1.62. The van der Waals surface area contributed by atoms with Gasteiger partial charge >= 0.3 is 0 Å². The van der Waals surface area contributed by atoms with Crippen molar-refractivity contribution >= 4 is 29.5 Å². The van der Waals surface area contributed by atoms with E-state index in [-0.39, 0.29) is 11.8 Å². The van der Waals surface area contributed by atoms with Crippen LogP contribution in [0.4, 0.5) is 0 Å². The average Bonchev–Trinajstić information content (AvgIpc) is 3.41. The number of benzene rings is 2. The number of fused-ring (bicyclic) bond motifs is 2. The van der Waals surface area contributed by atoms with E-state index >= 15 is 0 Å². The van der Waals surface area contributed by atoms with Gasteiger partial charge in [0.25, 0.3) is 5.91 Å². The standard InChI is InChI=1S/C24H19ClN2O3/c25-20-8-6-19(7-9-20)24-15-18-3-1-2-4-21(18)23(29)27(24)13-12-26(24)22(28)10-5-17-11-14-30-16-17/h1-11,14,16H,12-13,15H2. The van der Waals surface area contributed by atoms with Crippen LogP contribution >= 0.6 is 11.6 Å². The summed E-state index contributed by atoms with van der Waals surface area (Å²) in [5.74, 6) is -0.207. The van der Waals surface area contributed by atoms with Crippen molar-refractivity contribution in [3.63, 3.8) is 0 Å². The van der Waals surface area contributed by atoms with E-state index in [0.717, 1.165) is 16.7 Å². The number of nitrogens with zero attached hydrogens (tertiary/aromatic N) is 2. The SMILES string of the molecule is O=C(C=Cc1ccoc1)N1CCN2C(=O)c3ccccc3CC12c1ccc(Cl)cc1. The third kappa shape index (κ3) is 2.85. The minimum Gasteiger partial charge on any atom is -0.472 e. The van der Waals surface area contributed by atoms with Gasteiger partial charge in [-0.05, 0) is 41.5 Å². The van der Waals surface area contributed by atoms with E-state index in [1.807, 2.05) is 41.3 Å². The van der Waals surface area contributed by atoms with E-state index in [0.29, 0.717) is 30.1 Å². The molecule has 3 heterocycles. The van der Waals surface area contributed by atoms with Crippen molar-refractivity contribution in [2.24, 2.45) is 0 Å². The van der Waals surface area contributed by atoms with Gasteiger partial charge < -0.3 is 14.2 Å². The van der Waals surface area contributed by atoms with Gasteiger partial charge in [0.05, 0.1) is 12.5 Å². The summed E-state index contributed by atoms with van der Waals surface area (Å²) in [5.41, 5.74) is 2.44. The van der Waals surface area contributed by atoms with E-state index in [9.17, 15) is 9.59 Å². The minimum atomic E-state index is -0.881. The predicted octanol–water partition coefficient (Wildman–Crippen LogP) is 4.34. The number of hydrogen-bond donors (Lipinski definition) is 0. The third-order valence-corrected chi connectivity index (χ3v) is 6.16. The Morgan fingerprint density at radius 2 is 1.87 bits per heavy atom. The van der Waals surface area contributed by atoms with E-state index in [4.69, 9.17) is 16.0 Å². The molecule has 2 amide bonds. The van der Waals surface area contributed by atoms with Crippen LogP contribution in [0.25, 0.3) is 6.08 Å². The van der Waals surface area contributed by atoms with Gasteiger partial charge in [-0.1, -0.05) is 41.9 Å². The van der Waals surface area contributed by atoms with Crippen LogP contribution < -0.4 is 0 Å². The molecule has 150 valence electrons. The van der Waals surface area contributed by atoms with Gasteiger partial charge in [0, 0.05) is 41.7 Å². The fraction of sp³-hybridized carbons (Fsp3) is 0.167. The first-order valence-electron chi connectivity index (χ1n) is 9.77. The van der Waals surface area contributed by atoms with Gasteiger partial charge in [0.2, 0.25) is 5.91 Å². The topological polar surface area (TPSA) is 53.8 Å². The maximum atomic E-state index is 13.4. The maximum absolute atomic E-state index is 13.4. The normalized spacial score (nSPS) is 20.5. The van der Waals surface area contributed by atoms with E-state index in [2.05, 4.69) is 0 Å². The Hall–Kier alpha value is -3.31. The lowest BCUT2D eigenvalue weighted by atomic mass is 9.83. The second-order valence-electron chi connectivity index (χ2n) is 7.49. The first-order valence-corrected chi connectivity index (χ1v) is 10.2. The molecule has 2 aliphatic rings. The highest BCUT2D eigenvalue weighted by atomic mass is 35.5. The lowest BCUT2D eigenvalue weighted by molar-refractivity contribution is -0.133. The summed E-state index contributed by atoms with van der Waals surface area (Å²) in [6.07, 6.45) is 6.94. The van der Waals surface area contributed by atoms with Crippen LogP contribution in [0, 0.1) is 0 Å². The van der Waals surface area contributed by atoms with Crippen molar-refractivity contribution in [1.82, 2.24) is 9.80 Å². The lowest BCUT2D eigenvalue weighted by Crippen LogP contribution is -2.58. The van der Waals surface area contributed by atoms with Gasteiger partial charge in [-0.25, -0.2) is 0 Å². The second-order valence-corrected chi connectivity index (χ2v) is 7.93. The average molecular weight is 419 g/mol. The van der Waals surface area contributed by atoms with Crippen molar-refractivity contribution in [3.8, 4) is 0 Å².